The monoisotopic (exact) mass is 301 g/mol. The van der Waals surface area contributed by atoms with Gasteiger partial charge in [-0.3, -0.25) is 0 Å². The van der Waals surface area contributed by atoms with Crippen LogP contribution in [-0.2, 0) is 9.47 Å². The molecule has 2 amide bonds. The molecule has 122 valence electrons. The Labute approximate surface area is 126 Å². The third kappa shape index (κ3) is 8.39. The first-order valence-electron chi connectivity index (χ1n) is 7.37. The summed E-state index contributed by atoms with van der Waals surface area (Å²) in [4.78, 5) is 23.0. The maximum Gasteiger partial charge on any atom is 0.407 e. The third-order valence-electron chi connectivity index (χ3n) is 2.93. The number of hydrogen-bond donors (Lipinski definition) is 3. The molecule has 1 fully saturated rings. The topological polar surface area (TPSA) is 88.7 Å². The number of ether oxygens (including phenoxy) is 2. The first kappa shape index (κ1) is 17.6. The van der Waals surface area contributed by atoms with Crippen LogP contribution in [0.15, 0.2) is 0 Å². The summed E-state index contributed by atoms with van der Waals surface area (Å²) in [5.74, 6) is 0.467. The highest BCUT2D eigenvalue weighted by Crippen LogP contribution is 2.07. The van der Waals surface area contributed by atoms with Crippen LogP contribution in [0.2, 0.25) is 0 Å². The predicted molar refractivity (Wildman–Crippen MR) is 79.2 cm³/mol. The summed E-state index contributed by atoms with van der Waals surface area (Å²) in [5, 5.41) is 8.57. The van der Waals surface area contributed by atoms with Crippen molar-refractivity contribution in [2.45, 2.75) is 45.8 Å². The van der Waals surface area contributed by atoms with Gasteiger partial charge in [-0.25, -0.2) is 9.59 Å². The van der Waals surface area contributed by atoms with E-state index in [-0.39, 0.29) is 12.6 Å². The molecule has 0 aromatic rings. The number of carbonyl (C=O) groups excluding carboxylic acids is 2. The molecular formula is C14H27N3O4. The molecule has 7 nitrogen and oxygen atoms in total. The molecule has 0 radical (unpaired) electrons. The van der Waals surface area contributed by atoms with E-state index < -0.39 is 17.8 Å². The van der Waals surface area contributed by atoms with Gasteiger partial charge >= 0.3 is 12.2 Å². The quantitative estimate of drug-likeness (QED) is 0.711. The zero-order valence-electron chi connectivity index (χ0n) is 13.3. The Morgan fingerprint density at radius 2 is 2.05 bits per heavy atom. The predicted octanol–water partition coefficient (Wildman–Crippen LogP) is 1.24. The summed E-state index contributed by atoms with van der Waals surface area (Å²) in [5.41, 5.74) is -0.544. The van der Waals surface area contributed by atoms with Gasteiger partial charge in [-0.15, -0.1) is 0 Å². The number of amides is 2. The molecule has 3 N–H and O–H groups in total. The maximum atomic E-state index is 11.5. The van der Waals surface area contributed by atoms with Gasteiger partial charge in [0.15, 0.2) is 0 Å². The number of hydrogen-bond acceptors (Lipinski definition) is 5. The van der Waals surface area contributed by atoms with Gasteiger partial charge in [0.2, 0.25) is 0 Å². The van der Waals surface area contributed by atoms with Crippen LogP contribution in [-0.4, -0.2) is 50.1 Å². The third-order valence-corrected chi connectivity index (χ3v) is 2.93. The Morgan fingerprint density at radius 3 is 2.62 bits per heavy atom. The van der Waals surface area contributed by atoms with Gasteiger partial charge in [0.05, 0.1) is 6.04 Å². The van der Waals surface area contributed by atoms with Crippen molar-refractivity contribution in [3.8, 4) is 0 Å². The Hall–Kier alpha value is -1.50. The Morgan fingerprint density at radius 1 is 1.33 bits per heavy atom. The summed E-state index contributed by atoms with van der Waals surface area (Å²) >= 11 is 0. The van der Waals surface area contributed by atoms with Gasteiger partial charge in [0.1, 0.15) is 12.2 Å². The summed E-state index contributed by atoms with van der Waals surface area (Å²) < 4.78 is 10.2. The molecule has 1 heterocycles. The molecule has 2 atom stereocenters. The van der Waals surface area contributed by atoms with Gasteiger partial charge in [-0.1, -0.05) is 0 Å². The van der Waals surface area contributed by atoms with Crippen molar-refractivity contribution in [1.82, 2.24) is 16.0 Å². The lowest BCUT2D eigenvalue weighted by Crippen LogP contribution is -2.41. The van der Waals surface area contributed by atoms with Crippen molar-refractivity contribution in [1.29, 1.82) is 0 Å². The fourth-order valence-corrected chi connectivity index (χ4v) is 1.92. The van der Waals surface area contributed by atoms with Crippen LogP contribution < -0.4 is 16.0 Å². The van der Waals surface area contributed by atoms with Crippen LogP contribution in [0.3, 0.4) is 0 Å². The SMILES string of the molecule is CC(COC(=O)NCC1CCNC1)NC(=O)OC(C)(C)C. The molecular weight excluding hydrogens is 274 g/mol. The Bertz CT molecular complexity index is 349. The highest BCUT2D eigenvalue weighted by atomic mass is 16.6. The molecule has 7 heteroatoms. The van der Waals surface area contributed by atoms with E-state index in [0.29, 0.717) is 12.5 Å². The molecule has 21 heavy (non-hydrogen) atoms. The van der Waals surface area contributed by atoms with Crippen molar-refractivity contribution in [3.05, 3.63) is 0 Å². The molecule has 0 bridgehead atoms. The van der Waals surface area contributed by atoms with Gasteiger partial charge < -0.3 is 25.4 Å². The van der Waals surface area contributed by atoms with Crippen molar-refractivity contribution >= 4 is 12.2 Å². The van der Waals surface area contributed by atoms with Crippen molar-refractivity contribution < 1.29 is 19.1 Å². The van der Waals surface area contributed by atoms with Crippen LogP contribution in [0.5, 0.6) is 0 Å². The normalized spacial score (nSPS) is 19.7. The standard InChI is InChI=1S/C14H27N3O4/c1-10(17-13(19)21-14(2,3)4)9-20-12(18)16-8-11-5-6-15-7-11/h10-11,15H,5-9H2,1-4H3,(H,16,18)(H,17,19). The molecule has 0 aliphatic carbocycles. The minimum Gasteiger partial charge on any atom is -0.447 e. The minimum atomic E-state index is -0.544. The highest BCUT2D eigenvalue weighted by Gasteiger charge is 2.19. The van der Waals surface area contributed by atoms with Crippen LogP contribution in [0.25, 0.3) is 0 Å². The molecule has 0 aromatic carbocycles. The van der Waals surface area contributed by atoms with Gasteiger partial charge in [0.25, 0.3) is 0 Å². The number of carbonyl (C=O) groups is 2. The van der Waals surface area contributed by atoms with E-state index in [1.165, 1.54) is 0 Å². The van der Waals surface area contributed by atoms with Crippen molar-refractivity contribution in [3.63, 3.8) is 0 Å². The second kappa shape index (κ2) is 8.07. The number of rotatable bonds is 5. The molecule has 1 saturated heterocycles. The summed E-state index contributed by atoms with van der Waals surface area (Å²) in [6.45, 7) is 9.76. The number of nitrogens with one attached hydrogen (secondary N) is 3. The average molecular weight is 301 g/mol. The average Bonchev–Trinajstić information content (AvgIpc) is 2.84. The summed E-state index contributed by atoms with van der Waals surface area (Å²) in [7, 11) is 0. The van der Waals surface area contributed by atoms with Crippen LogP contribution in [0.4, 0.5) is 9.59 Å². The molecule has 2 unspecified atom stereocenters. The first-order valence-corrected chi connectivity index (χ1v) is 7.37. The van der Waals surface area contributed by atoms with E-state index >= 15 is 0 Å². The second-order valence-electron chi connectivity index (χ2n) is 6.39. The van der Waals surface area contributed by atoms with E-state index in [4.69, 9.17) is 9.47 Å². The fraction of sp³-hybridized carbons (Fsp3) is 0.857. The highest BCUT2D eigenvalue weighted by molar-refractivity contribution is 5.68. The first-order chi connectivity index (χ1) is 9.76. The molecule has 1 rings (SSSR count). The van der Waals surface area contributed by atoms with E-state index in [2.05, 4.69) is 16.0 Å². The van der Waals surface area contributed by atoms with Gasteiger partial charge in [0, 0.05) is 6.54 Å². The van der Waals surface area contributed by atoms with Crippen LogP contribution in [0, 0.1) is 5.92 Å². The van der Waals surface area contributed by atoms with E-state index in [1.807, 2.05) is 0 Å². The summed E-state index contributed by atoms with van der Waals surface area (Å²) in [6.07, 6.45) is 0.0902. The van der Waals surface area contributed by atoms with E-state index in [0.717, 1.165) is 19.5 Å². The molecule has 0 aromatic heterocycles. The van der Waals surface area contributed by atoms with E-state index in [1.54, 1.807) is 27.7 Å². The Balaban J connectivity index is 2.12. The zero-order valence-corrected chi connectivity index (χ0v) is 13.3. The fourth-order valence-electron chi connectivity index (χ4n) is 1.92. The number of alkyl carbamates (subject to hydrolysis) is 2. The van der Waals surface area contributed by atoms with Crippen molar-refractivity contribution in [2.75, 3.05) is 26.2 Å². The zero-order chi connectivity index (χ0) is 15.9. The Kier molecular flexibility index (Phi) is 6.74. The molecule has 1 aliphatic heterocycles. The smallest absolute Gasteiger partial charge is 0.407 e. The lowest BCUT2D eigenvalue weighted by Gasteiger charge is -2.22. The minimum absolute atomic E-state index is 0.105. The van der Waals surface area contributed by atoms with Crippen LogP contribution in [0.1, 0.15) is 34.1 Å². The van der Waals surface area contributed by atoms with E-state index in [9.17, 15) is 9.59 Å². The molecule has 1 aliphatic rings. The van der Waals surface area contributed by atoms with Gasteiger partial charge in [-0.2, -0.15) is 0 Å². The maximum absolute atomic E-state index is 11.5. The lowest BCUT2D eigenvalue weighted by molar-refractivity contribution is 0.0479. The van der Waals surface area contributed by atoms with Crippen molar-refractivity contribution in [2.24, 2.45) is 5.92 Å². The molecule has 0 spiro atoms. The van der Waals surface area contributed by atoms with Gasteiger partial charge in [-0.05, 0) is 53.1 Å². The summed E-state index contributed by atoms with van der Waals surface area (Å²) in [6, 6.07) is -0.307. The lowest BCUT2D eigenvalue weighted by atomic mass is 10.1. The second-order valence-corrected chi connectivity index (χ2v) is 6.39. The largest absolute Gasteiger partial charge is 0.447 e. The molecule has 0 saturated carbocycles. The van der Waals surface area contributed by atoms with Crippen LogP contribution >= 0.6 is 0 Å².